The van der Waals surface area contributed by atoms with Crippen LogP contribution in [0.2, 0.25) is 5.02 Å². The second-order valence-electron chi connectivity index (χ2n) is 9.71. The molecule has 1 aliphatic carbocycles. The Labute approximate surface area is 192 Å². The molecule has 0 unspecified atom stereocenters. The van der Waals surface area contributed by atoms with E-state index in [2.05, 4.69) is 55.6 Å². The molecule has 0 spiro atoms. The number of benzene rings is 3. The summed E-state index contributed by atoms with van der Waals surface area (Å²) in [5.74, 6) is 0.958. The highest BCUT2D eigenvalue weighted by Crippen LogP contribution is 2.53. The summed E-state index contributed by atoms with van der Waals surface area (Å²) in [6.07, 6.45) is 1.37. The molecule has 5 heteroatoms. The van der Waals surface area contributed by atoms with Gasteiger partial charge in [0.2, 0.25) is 0 Å². The first-order chi connectivity index (χ1) is 15.4. The van der Waals surface area contributed by atoms with Gasteiger partial charge in [-0.25, -0.2) is 0 Å². The number of ketones is 1. The molecule has 0 bridgehead atoms. The summed E-state index contributed by atoms with van der Waals surface area (Å²) in [4.78, 5) is 13.6. The number of Topliss-reactive ketones (excluding diaryl/α,β-unsaturated/α-hetero) is 1. The van der Waals surface area contributed by atoms with E-state index >= 15 is 0 Å². The Balaban J connectivity index is 1.64. The van der Waals surface area contributed by atoms with E-state index in [1.807, 2.05) is 12.1 Å². The topological polar surface area (TPSA) is 47.6 Å². The molecule has 1 atom stereocenters. The molecule has 162 valence electrons. The molecule has 0 amide bonds. The lowest BCUT2D eigenvalue weighted by Crippen LogP contribution is -2.33. The first kappa shape index (κ1) is 19.8. The maximum Gasteiger partial charge on any atom is 0.189 e. The van der Waals surface area contributed by atoms with Gasteiger partial charge in [-0.05, 0) is 46.4 Å². The molecule has 2 aliphatic heterocycles. The van der Waals surface area contributed by atoms with Gasteiger partial charge in [0, 0.05) is 39.4 Å². The van der Waals surface area contributed by atoms with E-state index in [0.717, 1.165) is 45.7 Å². The fourth-order valence-electron chi connectivity index (χ4n) is 5.49. The summed E-state index contributed by atoms with van der Waals surface area (Å²) in [5, 5.41) is 6.65. The van der Waals surface area contributed by atoms with Crippen LogP contribution in [-0.4, -0.2) is 12.6 Å². The lowest BCUT2D eigenvalue weighted by molar-refractivity contribution is -0.118. The second kappa shape index (κ2) is 7.09. The molecule has 0 fully saturated rings. The summed E-state index contributed by atoms with van der Waals surface area (Å²) in [6.45, 7) is 5.00. The average Bonchev–Trinajstić information content (AvgIpc) is 2.76. The van der Waals surface area contributed by atoms with Crippen LogP contribution in [0.1, 0.15) is 49.4 Å². The van der Waals surface area contributed by atoms with Crippen LogP contribution in [0.5, 0.6) is 5.75 Å². The van der Waals surface area contributed by atoms with Crippen molar-refractivity contribution in [2.75, 3.05) is 12.1 Å². The first-order valence-corrected chi connectivity index (χ1v) is 11.4. The third-order valence-corrected chi connectivity index (χ3v) is 6.97. The zero-order valence-electron chi connectivity index (χ0n) is 18.1. The molecular formula is C27H24ClNO3. The summed E-state index contributed by atoms with van der Waals surface area (Å²) < 4.78 is 11.4. The van der Waals surface area contributed by atoms with Gasteiger partial charge in [-0.15, -0.1) is 0 Å². The van der Waals surface area contributed by atoms with Gasteiger partial charge in [0.1, 0.15) is 5.75 Å². The Hall–Kier alpha value is -2.82. The van der Waals surface area contributed by atoms with Crippen molar-refractivity contribution >= 4 is 39.4 Å². The molecular weight excluding hydrogens is 422 g/mol. The Kier molecular flexibility index (Phi) is 4.40. The van der Waals surface area contributed by atoms with E-state index in [0.29, 0.717) is 18.1 Å². The number of allylic oxidation sites excluding steroid dienone is 1. The van der Waals surface area contributed by atoms with Crippen molar-refractivity contribution < 1.29 is 14.3 Å². The van der Waals surface area contributed by atoms with E-state index in [1.165, 1.54) is 10.8 Å². The molecule has 32 heavy (non-hydrogen) atoms. The van der Waals surface area contributed by atoms with Crippen molar-refractivity contribution in [3.8, 4) is 5.75 Å². The standard InChI is InChI=1S/C27H24ClNO3/c1-27(2)11-20-23-18-6-4-3-5-15(18)7-8-21(23)29-25(24(20)22(30)12-27)19-10-17(28)9-16-13-31-14-32-26(16)19/h3-10,25,29H,11-14H2,1-2H3/t25-/m0/s1. The minimum Gasteiger partial charge on any atom is -0.467 e. The number of hydrogen-bond acceptors (Lipinski definition) is 4. The Morgan fingerprint density at radius 1 is 1.09 bits per heavy atom. The normalized spacial score (nSPS) is 21.3. The smallest absolute Gasteiger partial charge is 0.189 e. The Morgan fingerprint density at radius 2 is 1.94 bits per heavy atom. The Morgan fingerprint density at radius 3 is 2.81 bits per heavy atom. The highest BCUT2D eigenvalue weighted by molar-refractivity contribution is 6.30. The van der Waals surface area contributed by atoms with Crippen LogP contribution in [-0.2, 0) is 16.1 Å². The molecule has 1 N–H and O–H groups in total. The summed E-state index contributed by atoms with van der Waals surface area (Å²) in [5.41, 5.74) is 5.89. The fourth-order valence-corrected chi connectivity index (χ4v) is 5.74. The van der Waals surface area contributed by atoms with Crippen LogP contribution in [0, 0.1) is 5.41 Å². The van der Waals surface area contributed by atoms with E-state index in [1.54, 1.807) is 0 Å². The number of halogens is 1. The van der Waals surface area contributed by atoms with Crippen LogP contribution in [0.25, 0.3) is 16.3 Å². The number of fused-ring (bicyclic) bond motifs is 5. The van der Waals surface area contributed by atoms with Gasteiger partial charge in [-0.1, -0.05) is 55.8 Å². The minimum atomic E-state index is -0.312. The highest BCUT2D eigenvalue weighted by atomic mass is 35.5. The monoisotopic (exact) mass is 445 g/mol. The van der Waals surface area contributed by atoms with Crippen molar-refractivity contribution in [2.45, 2.75) is 39.3 Å². The van der Waals surface area contributed by atoms with Crippen molar-refractivity contribution in [3.63, 3.8) is 0 Å². The van der Waals surface area contributed by atoms with E-state index < -0.39 is 0 Å². The molecule has 6 rings (SSSR count). The number of hydrogen-bond donors (Lipinski definition) is 1. The summed E-state index contributed by atoms with van der Waals surface area (Å²) >= 11 is 6.50. The van der Waals surface area contributed by atoms with E-state index in [9.17, 15) is 4.79 Å². The maximum atomic E-state index is 13.6. The summed E-state index contributed by atoms with van der Waals surface area (Å²) in [7, 11) is 0. The van der Waals surface area contributed by atoms with Crippen LogP contribution >= 0.6 is 11.6 Å². The molecule has 3 aliphatic rings. The lowest BCUT2D eigenvalue weighted by Gasteiger charge is -2.40. The zero-order chi connectivity index (χ0) is 22.0. The number of carbonyl (C=O) groups is 1. The SMILES string of the molecule is CC1(C)CC(=O)C2=C(C1)c1c(ccc3ccccc13)N[C@H]2c1cc(Cl)cc2c1OCOC2. The van der Waals surface area contributed by atoms with Gasteiger partial charge in [0.25, 0.3) is 0 Å². The molecule has 0 aromatic heterocycles. The van der Waals surface area contributed by atoms with Gasteiger partial charge in [0.15, 0.2) is 12.6 Å². The van der Waals surface area contributed by atoms with Gasteiger partial charge in [0.05, 0.1) is 12.6 Å². The van der Waals surface area contributed by atoms with Crippen LogP contribution in [0.15, 0.2) is 54.1 Å². The molecule has 3 aromatic carbocycles. The zero-order valence-corrected chi connectivity index (χ0v) is 18.9. The lowest BCUT2D eigenvalue weighted by atomic mass is 9.67. The molecule has 0 saturated heterocycles. The van der Waals surface area contributed by atoms with Crippen molar-refractivity contribution in [1.82, 2.24) is 0 Å². The molecule has 0 radical (unpaired) electrons. The number of rotatable bonds is 1. The van der Waals surface area contributed by atoms with Gasteiger partial charge in [-0.2, -0.15) is 0 Å². The van der Waals surface area contributed by atoms with Crippen LogP contribution < -0.4 is 10.1 Å². The fraction of sp³-hybridized carbons (Fsp3) is 0.296. The Bertz CT molecular complexity index is 1320. The average molecular weight is 446 g/mol. The molecule has 3 aromatic rings. The van der Waals surface area contributed by atoms with E-state index in [4.69, 9.17) is 21.1 Å². The van der Waals surface area contributed by atoms with Crippen LogP contribution in [0.4, 0.5) is 5.69 Å². The first-order valence-electron chi connectivity index (χ1n) is 11.0. The number of carbonyl (C=O) groups excluding carboxylic acids is 1. The van der Waals surface area contributed by atoms with Crippen LogP contribution in [0.3, 0.4) is 0 Å². The largest absolute Gasteiger partial charge is 0.467 e. The van der Waals surface area contributed by atoms with Crippen molar-refractivity contribution in [3.05, 3.63) is 75.8 Å². The third-order valence-electron chi connectivity index (χ3n) is 6.75. The molecule has 0 saturated carbocycles. The quantitative estimate of drug-likeness (QED) is 0.454. The van der Waals surface area contributed by atoms with Gasteiger partial charge >= 0.3 is 0 Å². The summed E-state index contributed by atoms with van der Waals surface area (Å²) in [6, 6.07) is 16.1. The predicted octanol–water partition coefficient (Wildman–Crippen LogP) is 6.67. The van der Waals surface area contributed by atoms with Crippen molar-refractivity contribution in [1.29, 1.82) is 0 Å². The number of nitrogens with one attached hydrogen (secondary N) is 1. The molecule has 4 nitrogen and oxygen atoms in total. The number of anilines is 1. The molecule has 2 heterocycles. The van der Waals surface area contributed by atoms with Gasteiger partial charge in [-0.3, -0.25) is 4.79 Å². The van der Waals surface area contributed by atoms with Gasteiger partial charge < -0.3 is 14.8 Å². The van der Waals surface area contributed by atoms with Crippen molar-refractivity contribution in [2.24, 2.45) is 5.41 Å². The second-order valence-corrected chi connectivity index (χ2v) is 10.2. The number of ether oxygens (including phenoxy) is 2. The predicted molar refractivity (Wildman–Crippen MR) is 127 cm³/mol. The minimum absolute atomic E-state index is 0.0931. The van der Waals surface area contributed by atoms with E-state index in [-0.39, 0.29) is 24.0 Å². The maximum absolute atomic E-state index is 13.6. The highest BCUT2D eigenvalue weighted by Gasteiger charge is 2.42. The third kappa shape index (κ3) is 3.05.